The van der Waals surface area contributed by atoms with Gasteiger partial charge in [0.1, 0.15) is 6.10 Å². The Kier molecular flexibility index (Phi) is 2.28. The molecule has 0 aromatic heterocycles. The highest BCUT2D eigenvalue weighted by Gasteiger charge is 2.73. The average molecular weight is 227 g/mol. The molecule has 1 amide bonds. The number of likely N-dealkylation sites (N-methyl/N-ethyl adjacent to an activating group) is 1. The van der Waals surface area contributed by atoms with Crippen molar-refractivity contribution in [3.63, 3.8) is 0 Å². The Balaban J connectivity index is 2.43. The van der Waals surface area contributed by atoms with E-state index in [2.05, 4.69) is 0 Å². The molecule has 1 N–H and O–H groups in total. The van der Waals surface area contributed by atoms with Crippen LogP contribution in [0, 0.1) is 11.8 Å². The number of carbonyl (C=O) groups is 2. The smallest absolute Gasteiger partial charge is 0.339 e. The van der Waals surface area contributed by atoms with E-state index >= 15 is 0 Å². The third kappa shape index (κ3) is 0.993. The van der Waals surface area contributed by atoms with Crippen LogP contribution in [0.5, 0.6) is 0 Å². The first-order chi connectivity index (χ1) is 7.35. The van der Waals surface area contributed by atoms with E-state index in [0.29, 0.717) is 0 Å². The van der Waals surface area contributed by atoms with E-state index in [1.807, 2.05) is 13.8 Å². The number of hydrogen-bond donors (Lipinski definition) is 1. The summed E-state index contributed by atoms with van der Waals surface area (Å²) in [6.07, 6.45) is -1.38. The van der Waals surface area contributed by atoms with Crippen LogP contribution in [0.15, 0.2) is 0 Å². The molecule has 0 radical (unpaired) electrons. The van der Waals surface area contributed by atoms with E-state index in [0.717, 1.165) is 0 Å². The van der Waals surface area contributed by atoms with Crippen LogP contribution < -0.4 is 0 Å². The second-order valence-electron chi connectivity index (χ2n) is 5.03. The lowest BCUT2D eigenvalue weighted by atomic mass is 9.75. The normalized spacial score (nSPS) is 39.5. The van der Waals surface area contributed by atoms with Crippen molar-refractivity contribution in [3.8, 4) is 0 Å². The number of aliphatic hydroxyl groups excluding tert-OH is 1. The molecule has 5 heteroatoms. The van der Waals surface area contributed by atoms with Crippen molar-refractivity contribution < 1.29 is 19.4 Å². The van der Waals surface area contributed by atoms with Gasteiger partial charge < -0.3 is 14.7 Å². The van der Waals surface area contributed by atoms with Crippen LogP contribution in [-0.4, -0.2) is 46.7 Å². The first kappa shape index (κ1) is 11.4. The van der Waals surface area contributed by atoms with Gasteiger partial charge >= 0.3 is 5.97 Å². The second kappa shape index (κ2) is 3.20. The number of amides is 1. The molecule has 90 valence electrons. The summed E-state index contributed by atoms with van der Waals surface area (Å²) in [5, 5.41) is 10.2. The molecule has 2 aliphatic heterocycles. The maximum atomic E-state index is 11.8. The fraction of sp³-hybridized carbons (Fsp3) is 0.818. The van der Waals surface area contributed by atoms with Gasteiger partial charge in [-0.3, -0.25) is 4.79 Å². The van der Waals surface area contributed by atoms with Crippen molar-refractivity contribution in [3.05, 3.63) is 0 Å². The highest BCUT2D eigenvalue weighted by molar-refractivity contribution is 5.99. The third-order valence-electron chi connectivity index (χ3n) is 3.81. The summed E-state index contributed by atoms with van der Waals surface area (Å²) in [4.78, 5) is 24.9. The molecule has 2 unspecified atom stereocenters. The summed E-state index contributed by atoms with van der Waals surface area (Å²) in [7, 11) is 1.56. The minimum absolute atomic E-state index is 0.101. The molecule has 2 fully saturated rings. The molecule has 2 aliphatic rings. The predicted molar refractivity (Wildman–Crippen MR) is 55.4 cm³/mol. The zero-order valence-corrected chi connectivity index (χ0v) is 9.93. The summed E-state index contributed by atoms with van der Waals surface area (Å²) >= 11 is 0. The standard InChI is InChI=1S/C11H17NO4/c1-5(2)7(13)11-8(16-10(11)15)6(3)9(14)12(11)4/h5-8,13H,1-4H3/t6-,7?,8?,11-/m1/s1. The Hall–Kier alpha value is -1.10. The van der Waals surface area contributed by atoms with Crippen LogP contribution in [0.2, 0.25) is 0 Å². The highest BCUT2D eigenvalue weighted by atomic mass is 16.6. The molecular weight excluding hydrogens is 210 g/mol. The molecule has 0 aromatic carbocycles. The molecular formula is C11H17NO4. The number of fused-ring (bicyclic) bond motifs is 1. The monoisotopic (exact) mass is 227 g/mol. The fourth-order valence-electron chi connectivity index (χ4n) is 2.78. The van der Waals surface area contributed by atoms with Crippen LogP contribution in [0.4, 0.5) is 0 Å². The van der Waals surface area contributed by atoms with Crippen molar-refractivity contribution in [1.29, 1.82) is 0 Å². The largest absolute Gasteiger partial charge is 0.456 e. The topological polar surface area (TPSA) is 66.8 Å². The van der Waals surface area contributed by atoms with Gasteiger partial charge in [0.25, 0.3) is 0 Å². The number of aliphatic hydroxyl groups is 1. The molecule has 4 atom stereocenters. The third-order valence-corrected chi connectivity index (χ3v) is 3.81. The maximum Gasteiger partial charge on any atom is 0.339 e. The van der Waals surface area contributed by atoms with Crippen LogP contribution in [0.1, 0.15) is 20.8 Å². The Morgan fingerprint density at radius 1 is 1.44 bits per heavy atom. The Morgan fingerprint density at radius 3 is 2.38 bits per heavy atom. The van der Waals surface area contributed by atoms with E-state index in [4.69, 9.17) is 4.74 Å². The summed E-state index contributed by atoms with van der Waals surface area (Å²) in [5.74, 6) is -1.10. The Bertz CT molecular complexity index is 354. The quantitative estimate of drug-likeness (QED) is 0.662. The van der Waals surface area contributed by atoms with Gasteiger partial charge in [-0.25, -0.2) is 4.79 Å². The van der Waals surface area contributed by atoms with Gasteiger partial charge in [0.2, 0.25) is 11.4 Å². The van der Waals surface area contributed by atoms with Crippen molar-refractivity contribution in [1.82, 2.24) is 4.90 Å². The maximum absolute atomic E-state index is 11.8. The summed E-state index contributed by atoms with van der Waals surface area (Å²) < 4.78 is 5.03. The molecule has 0 bridgehead atoms. The summed E-state index contributed by atoms with van der Waals surface area (Å²) in [6.45, 7) is 5.37. The highest BCUT2D eigenvalue weighted by Crippen LogP contribution is 2.47. The number of esters is 1. The van der Waals surface area contributed by atoms with Gasteiger partial charge in [-0.1, -0.05) is 13.8 Å². The fourth-order valence-corrected chi connectivity index (χ4v) is 2.78. The molecule has 2 saturated heterocycles. The average Bonchev–Trinajstić information content (AvgIpc) is 2.36. The number of hydrogen-bond acceptors (Lipinski definition) is 4. The van der Waals surface area contributed by atoms with Gasteiger partial charge in [0.15, 0.2) is 0 Å². The van der Waals surface area contributed by atoms with Gasteiger partial charge in [-0.15, -0.1) is 0 Å². The minimum atomic E-state index is -1.15. The lowest BCUT2D eigenvalue weighted by Gasteiger charge is -2.49. The molecule has 0 aliphatic carbocycles. The van der Waals surface area contributed by atoms with Crippen LogP contribution in [0.25, 0.3) is 0 Å². The SMILES string of the molecule is CC(C)C(O)[C@]12C(=O)OC1[C@@H](C)C(=O)N2C. The Labute approximate surface area is 94.4 Å². The summed E-state index contributed by atoms with van der Waals surface area (Å²) in [5.41, 5.74) is -1.15. The second-order valence-corrected chi connectivity index (χ2v) is 5.03. The van der Waals surface area contributed by atoms with Gasteiger partial charge in [-0.05, 0) is 12.8 Å². The molecule has 0 saturated carbocycles. The van der Waals surface area contributed by atoms with E-state index in [1.165, 1.54) is 4.90 Å². The zero-order chi connectivity index (χ0) is 12.2. The number of rotatable bonds is 2. The molecule has 2 rings (SSSR count). The van der Waals surface area contributed by atoms with Crippen LogP contribution in [0.3, 0.4) is 0 Å². The van der Waals surface area contributed by atoms with Crippen molar-refractivity contribution in [2.75, 3.05) is 7.05 Å². The zero-order valence-electron chi connectivity index (χ0n) is 9.93. The van der Waals surface area contributed by atoms with Crippen LogP contribution in [-0.2, 0) is 14.3 Å². The first-order valence-corrected chi connectivity index (χ1v) is 5.52. The van der Waals surface area contributed by atoms with E-state index in [9.17, 15) is 14.7 Å². The summed E-state index contributed by atoms with van der Waals surface area (Å²) in [6, 6.07) is 0. The lowest BCUT2D eigenvalue weighted by Crippen LogP contribution is -2.73. The van der Waals surface area contributed by atoms with Crippen molar-refractivity contribution in [2.24, 2.45) is 11.8 Å². The van der Waals surface area contributed by atoms with Gasteiger partial charge in [0, 0.05) is 7.05 Å². The van der Waals surface area contributed by atoms with E-state index < -0.39 is 23.7 Å². The number of likely N-dealkylation sites (tertiary alicyclic amines) is 1. The predicted octanol–water partition coefficient (Wildman–Crippen LogP) is -0.224. The molecule has 2 heterocycles. The molecule has 0 aromatic rings. The minimum Gasteiger partial charge on any atom is -0.456 e. The molecule has 0 spiro atoms. The van der Waals surface area contributed by atoms with E-state index in [1.54, 1.807) is 14.0 Å². The van der Waals surface area contributed by atoms with Crippen LogP contribution >= 0.6 is 0 Å². The molecule has 5 nitrogen and oxygen atoms in total. The lowest BCUT2D eigenvalue weighted by molar-refractivity contribution is -0.220. The van der Waals surface area contributed by atoms with Gasteiger partial charge in [-0.2, -0.15) is 0 Å². The first-order valence-electron chi connectivity index (χ1n) is 5.52. The van der Waals surface area contributed by atoms with E-state index in [-0.39, 0.29) is 17.7 Å². The number of nitrogens with zero attached hydrogens (tertiary/aromatic N) is 1. The number of carbonyl (C=O) groups excluding carboxylic acids is 2. The number of ether oxygens (including phenoxy) is 1. The molecule has 16 heavy (non-hydrogen) atoms. The van der Waals surface area contributed by atoms with Gasteiger partial charge in [0.05, 0.1) is 12.0 Å². The van der Waals surface area contributed by atoms with Crippen molar-refractivity contribution in [2.45, 2.75) is 38.5 Å². The Morgan fingerprint density at radius 2 is 2.00 bits per heavy atom. The van der Waals surface area contributed by atoms with Crippen molar-refractivity contribution >= 4 is 11.9 Å².